The van der Waals surface area contributed by atoms with Crippen molar-refractivity contribution in [1.29, 1.82) is 0 Å². The number of hydrogen-bond acceptors (Lipinski definition) is 3. The molecular formula is C11H10ClFN2O3. The van der Waals surface area contributed by atoms with E-state index in [4.69, 9.17) is 11.6 Å². The van der Waals surface area contributed by atoms with Crippen LogP contribution in [0.1, 0.15) is 6.42 Å². The highest BCUT2D eigenvalue weighted by molar-refractivity contribution is 6.18. The number of nitro groups is 1. The van der Waals surface area contributed by atoms with Crippen LogP contribution in [0.15, 0.2) is 18.2 Å². The first-order valence-electron chi connectivity index (χ1n) is 5.33. The molecule has 2 rings (SSSR count). The van der Waals surface area contributed by atoms with E-state index < -0.39 is 10.7 Å². The summed E-state index contributed by atoms with van der Waals surface area (Å²) in [4.78, 5) is 23.2. The second-order valence-electron chi connectivity index (χ2n) is 4.12. The first-order valence-corrected chi connectivity index (χ1v) is 5.86. The zero-order valence-corrected chi connectivity index (χ0v) is 10.1. The van der Waals surface area contributed by atoms with Gasteiger partial charge in [-0.1, -0.05) is 0 Å². The molecule has 1 heterocycles. The van der Waals surface area contributed by atoms with E-state index >= 15 is 0 Å². The molecule has 0 saturated carbocycles. The Hall–Kier alpha value is -1.69. The van der Waals surface area contributed by atoms with Crippen LogP contribution in [0.25, 0.3) is 0 Å². The van der Waals surface area contributed by atoms with Gasteiger partial charge in [0.25, 0.3) is 5.69 Å². The van der Waals surface area contributed by atoms with Crippen LogP contribution in [0.2, 0.25) is 0 Å². The lowest BCUT2D eigenvalue weighted by atomic mass is 10.1. The predicted molar refractivity (Wildman–Crippen MR) is 64.2 cm³/mol. The van der Waals surface area contributed by atoms with Crippen LogP contribution >= 0.6 is 11.6 Å². The van der Waals surface area contributed by atoms with Crippen molar-refractivity contribution in [2.45, 2.75) is 6.42 Å². The molecule has 0 spiro atoms. The molecule has 96 valence electrons. The summed E-state index contributed by atoms with van der Waals surface area (Å²) in [6, 6.07) is 3.07. The Morgan fingerprint density at radius 3 is 2.83 bits per heavy atom. The maximum Gasteiger partial charge on any atom is 0.293 e. The van der Waals surface area contributed by atoms with Gasteiger partial charge in [0.2, 0.25) is 5.91 Å². The zero-order chi connectivity index (χ0) is 13.3. The first kappa shape index (κ1) is 12.8. The predicted octanol–water partition coefficient (Wildman–Crippen LogP) is 2.33. The minimum Gasteiger partial charge on any atom is -0.306 e. The molecule has 0 radical (unpaired) electrons. The quantitative estimate of drug-likeness (QED) is 0.482. The van der Waals surface area contributed by atoms with Crippen molar-refractivity contribution < 1.29 is 14.1 Å². The summed E-state index contributed by atoms with van der Waals surface area (Å²) in [5.41, 5.74) is -0.280. The second kappa shape index (κ2) is 4.89. The van der Waals surface area contributed by atoms with Gasteiger partial charge < -0.3 is 4.90 Å². The van der Waals surface area contributed by atoms with E-state index in [1.165, 1.54) is 4.90 Å². The van der Waals surface area contributed by atoms with E-state index in [2.05, 4.69) is 0 Å². The number of amides is 1. The van der Waals surface area contributed by atoms with E-state index in [0.29, 0.717) is 5.88 Å². The van der Waals surface area contributed by atoms with Gasteiger partial charge in [0.15, 0.2) is 0 Å². The number of halogens is 2. The highest BCUT2D eigenvalue weighted by Crippen LogP contribution is 2.33. The normalized spacial score (nSPS) is 19.3. The van der Waals surface area contributed by atoms with E-state index in [1.54, 1.807) is 0 Å². The summed E-state index contributed by atoms with van der Waals surface area (Å²) in [5.74, 6) is -0.639. The van der Waals surface area contributed by atoms with Crippen molar-refractivity contribution in [2.75, 3.05) is 17.3 Å². The Kier molecular flexibility index (Phi) is 3.47. The lowest BCUT2D eigenvalue weighted by Crippen LogP contribution is -2.25. The van der Waals surface area contributed by atoms with E-state index in [9.17, 15) is 19.3 Å². The largest absolute Gasteiger partial charge is 0.306 e. The van der Waals surface area contributed by atoms with Crippen molar-refractivity contribution in [3.05, 3.63) is 34.1 Å². The van der Waals surface area contributed by atoms with Crippen molar-refractivity contribution in [3.63, 3.8) is 0 Å². The fourth-order valence-electron chi connectivity index (χ4n) is 1.98. The maximum atomic E-state index is 13.2. The minimum atomic E-state index is -0.629. The number of alkyl halides is 1. The lowest BCUT2D eigenvalue weighted by Gasteiger charge is -2.16. The van der Waals surface area contributed by atoms with Gasteiger partial charge >= 0.3 is 0 Å². The summed E-state index contributed by atoms with van der Waals surface area (Å²) in [6.07, 6.45) is 0.233. The summed E-state index contributed by atoms with van der Waals surface area (Å²) in [5, 5.41) is 10.9. The number of anilines is 1. The fourth-order valence-corrected chi connectivity index (χ4v) is 2.19. The van der Waals surface area contributed by atoms with E-state index in [0.717, 1.165) is 18.2 Å². The molecule has 7 heteroatoms. The molecule has 1 atom stereocenters. The Morgan fingerprint density at radius 1 is 1.56 bits per heavy atom. The number of carbonyl (C=O) groups is 1. The number of carbonyl (C=O) groups excluding carboxylic acids is 1. The molecule has 1 aliphatic rings. The first-order chi connectivity index (χ1) is 8.52. The molecule has 1 unspecified atom stereocenters. The number of nitrogens with zero attached hydrogens (tertiary/aromatic N) is 2. The molecular weight excluding hydrogens is 263 g/mol. The van der Waals surface area contributed by atoms with Gasteiger partial charge in [-0.15, -0.1) is 11.6 Å². The third-order valence-corrected chi connectivity index (χ3v) is 3.28. The molecule has 0 aliphatic carbocycles. The van der Waals surface area contributed by atoms with Crippen LogP contribution in [0.4, 0.5) is 15.8 Å². The van der Waals surface area contributed by atoms with Crippen LogP contribution in [0, 0.1) is 21.8 Å². The van der Waals surface area contributed by atoms with Crippen LogP contribution in [-0.4, -0.2) is 23.3 Å². The van der Waals surface area contributed by atoms with Crippen LogP contribution < -0.4 is 4.90 Å². The molecule has 1 aromatic rings. The molecule has 5 nitrogen and oxygen atoms in total. The Morgan fingerprint density at radius 2 is 2.28 bits per heavy atom. The van der Waals surface area contributed by atoms with Crippen LogP contribution in [0.3, 0.4) is 0 Å². The summed E-state index contributed by atoms with van der Waals surface area (Å²) >= 11 is 5.67. The number of nitro benzene ring substituents is 1. The maximum absolute atomic E-state index is 13.2. The van der Waals surface area contributed by atoms with Crippen molar-refractivity contribution >= 4 is 28.9 Å². The zero-order valence-electron chi connectivity index (χ0n) is 9.31. The van der Waals surface area contributed by atoms with E-state index in [1.807, 2.05) is 0 Å². The molecule has 0 N–H and O–H groups in total. The second-order valence-corrected chi connectivity index (χ2v) is 4.43. The summed E-state index contributed by atoms with van der Waals surface area (Å²) < 4.78 is 13.2. The van der Waals surface area contributed by atoms with Gasteiger partial charge in [0, 0.05) is 31.0 Å². The van der Waals surface area contributed by atoms with Gasteiger partial charge in [-0.25, -0.2) is 4.39 Å². The lowest BCUT2D eigenvalue weighted by molar-refractivity contribution is -0.384. The molecule has 1 aromatic carbocycles. The van der Waals surface area contributed by atoms with Crippen LogP contribution in [0.5, 0.6) is 0 Å². The average Bonchev–Trinajstić information content (AvgIpc) is 2.70. The van der Waals surface area contributed by atoms with E-state index in [-0.39, 0.29) is 36.2 Å². The van der Waals surface area contributed by atoms with Gasteiger partial charge in [-0.3, -0.25) is 14.9 Å². The van der Waals surface area contributed by atoms with Gasteiger partial charge in [0.05, 0.1) is 4.92 Å². The number of hydrogen-bond donors (Lipinski definition) is 0. The minimum absolute atomic E-state index is 0.00221. The van der Waals surface area contributed by atoms with Crippen LogP contribution in [-0.2, 0) is 4.79 Å². The molecule has 18 heavy (non-hydrogen) atoms. The molecule has 0 bridgehead atoms. The van der Waals surface area contributed by atoms with Gasteiger partial charge in [-0.05, 0) is 12.0 Å². The van der Waals surface area contributed by atoms with Crippen molar-refractivity contribution in [3.8, 4) is 0 Å². The Labute approximate surface area is 107 Å². The third kappa shape index (κ3) is 2.28. The molecule has 1 amide bonds. The van der Waals surface area contributed by atoms with Crippen molar-refractivity contribution in [2.24, 2.45) is 5.92 Å². The number of benzene rings is 1. The standard InChI is InChI=1S/C11H10ClFN2O3/c12-5-7-3-11(16)14(6-7)10-4-8(13)1-2-9(10)15(17)18/h1-2,4,7H,3,5-6H2. The highest BCUT2D eigenvalue weighted by atomic mass is 35.5. The number of rotatable bonds is 3. The van der Waals surface area contributed by atoms with Gasteiger partial charge in [-0.2, -0.15) is 0 Å². The summed E-state index contributed by atoms with van der Waals surface area (Å²) in [7, 11) is 0. The SMILES string of the molecule is O=C1CC(CCl)CN1c1cc(F)ccc1[N+](=O)[O-]. The molecule has 1 saturated heterocycles. The monoisotopic (exact) mass is 272 g/mol. The third-order valence-electron chi connectivity index (χ3n) is 2.85. The highest BCUT2D eigenvalue weighted by Gasteiger charge is 2.33. The van der Waals surface area contributed by atoms with Crippen molar-refractivity contribution in [1.82, 2.24) is 0 Å². The average molecular weight is 273 g/mol. The fraction of sp³-hybridized carbons (Fsp3) is 0.364. The molecule has 1 aliphatic heterocycles. The Bertz CT molecular complexity index is 509. The van der Waals surface area contributed by atoms with Gasteiger partial charge in [0.1, 0.15) is 11.5 Å². The topological polar surface area (TPSA) is 63.5 Å². The molecule has 0 aromatic heterocycles. The molecule has 1 fully saturated rings. The summed E-state index contributed by atoms with van der Waals surface area (Å²) in [6.45, 7) is 0.284. The Balaban J connectivity index is 2.41. The smallest absolute Gasteiger partial charge is 0.293 e.